The molecule has 0 spiro atoms. The SMILES string of the molecule is CCOc1cc(C#N)cc(N)c1OCc1ccc(Cl)cc1. The van der Waals surface area contributed by atoms with Gasteiger partial charge < -0.3 is 15.2 Å². The fourth-order valence-electron chi connectivity index (χ4n) is 1.84. The highest BCUT2D eigenvalue weighted by molar-refractivity contribution is 6.30. The molecule has 0 aromatic heterocycles. The van der Waals surface area contributed by atoms with Crippen molar-refractivity contribution < 1.29 is 9.47 Å². The molecule has 2 aromatic rings. The van der Waals surface area contributed by atoms with Crippen LogP contribution in [0.1, 0.15) is 18.1 Å². The molecule has 2 rings (SSSR count). The zero-order valence-corrected chi connectivity index (χ0v) is 12.4. The highest BCUT2D eigenvalue weighted by Crippen LogP contribution is 2.35. The van der Waals surface area contributed by atoms with Crippen molar-refractivity contribution >= 4 is 17.3 Å². The molecular formula is C16H15ClN2O2. The van der Waals surface area contributed by atoms with E-state index in [9.17, 15) is 0 Å². The summed E-state index contributed by atoms with van der Waals surface area (Å²) in [5.74, 6) is 0.925. The first kappa shape index (κ1) is 15.0. The Morgan fingerprint density at radius 3 is 2.52 bits per heavy atom. The Hall–Kier alpha value is -2.38. The Kier molecular flexibility index (Phi) is 4.91. The van der Waals surface area contributed by atoms with Gasteiger partial charge in [-0.2, -0.15) is 5.26 Å². The maximum atomic E-state index is 8.97. The molecule has 0 bridgehead atoms. The summed E-state index contributed by atoms with van der Waals surface area (Å²) in [6.45, 7) is 2.66. The van der Waals surface area contributed by atoms with Gasteiger partial charge in [-0.3, -0.25) is 0 Å². The minimum Gasteiger partial charge on any atom is -0.490 e. The lowest BCUT2D eigenvalue weighted by atomic mass is 10.2. The van der Waals surface area contributed by atoms with Crippen LogP contribution in [-0.2, 0) is 6.61 Å². The molecule has 0 heterocycles. The van der Waals surface area contributed by atoms with E-state index >= 15 is 0 Å². The zero-order valence-electron chi connectivity index (χ0n) is 11.6. The number of hydrogen-bond acceptors (Lipinski definition) is 4. The number of nitrogens with zero attached hydrogens (tertiary/aromatic N) is 1. The molecule has 2 aromatic carbocycles. The second-order valence-corrected chi connectivity index (χ2v) is 4.79. The minimum atomic E-state index is 0.341. The largest absolute Gasteiger partial charge is 0.490 e. The van der Waals surface area contributed by atoms with E-state index in [0.29, 0.717) is 41.0 Å². The van der Waals surface area contributed by atoms with Gasteiger partial charge in [-0.25, -0.2) is 0 Å². The first-order chi connectivity index (χ1) is 10.1. The third-order valence-corrected chi connectivity index (χ3v) is 3.06. The Labute approximate surface area is 128 Å². The first-order valence-corrected chi connectivity index (χ1v) is 6.85. The van der Waals surface area contributed by atoms with E-state index in [1.165, 1.54) is 0 Å². The summed E-state index contributed by atoms with van der Waals surface area (Å²) in [6, 6.07) is 12.6. The van der Waals surface area contributed by atoms with Gasteiger partial charge in [-0.05, 0) is 30.7 Å². The highest BCUT2D eigenvalue weighted by atomic mass is 35.5. The normalized spacial score (nSPS) is 9.95. The maximum absolute atomic E-state index is 8.97. The molecule has 0 amide bonds. The number of nitrogens with two attached hydrogens (primary N) is 1. The second kappa shape index (κ2) is 6.87. The van der Waals surface area contributed by atoms with E-state index in [4.69, 9.17) is 32.1 Å². The average Bonchev–Trinajstić information content (AvgIpc) is 2.48. The van der Waals surface area contributed by atoms with Gasteiger partial charge in [0.2, 0.25) is 0 Å². The third-order valence-electron chi connectivity index (χ3n) is 2.81. The number of anilines is 1. The van der Waals surface area contributed by atoms with E-state index in [1.54, 1.807) is 24.3 Å². The molecule has 0 aliphatic heterocycles. The molecule has 4 nitrogen and oxygen atoms in total. The van der Waals surface area contributed by atoms with Crippen LogP contribution in [0.5, 0.6) is 11.5 Å². The van der Waals surface area contributed by atoms with E-state index < -0.39 is 0 Å². The van der Waals surface area contributed by atoms with Gasteiger partial charge in [-0.15, -0.1) is 0 Å². The van der Waals surface area contributed by atoms with Crippen LogP contribution >= 0.6 is 11.6 Å². The van der Waals surface area contributed by atoms with Gasteiger partial charge in [0.25, 0.3) is 0 Å². The number of halogens is 1. The molecule has 0 aliphatic rings. The molecule has 108 valence electrons. The lowest BCUT2D eigenvalue weighted by molar-refractivity contribution is 0.271. The van der Waals surface area contributed by atoms with Gasteiger partial charge in [0.15, 0.2) is 11.5 Å². The Balaban J connectivity index is 2.22. The lowest BCUT2D eigenvalue weighted by Gasteiger charge is -2.14. The van der Waals surface area contributed by atoms with Crippen LogP contribution in [0.4, 0.5) is 5.69 Å². The van der Waals surface area contributed by atoms with Crippen LogP contribution in [0.15, 0.2) is 36.4 Å². The van der Waals surface area contributed by atoms with E-state index in [0.717, 1.165) is 5.56 Å². The summed E-state index contributed by atoms with van der Waals surface area (Å²) >= 11 is 5.84. The quantitative estimate of drug-likeness (QED) is 0.854. The second-order valence-electron chi connectivity index (χ2n) is 4.35. The molecule has 0 radical (unpaired) electrons. The van der Waals surface area contributed by atoms with Gasteiger partial charge in [0.1, 0.15) is 6.61 Å². The number of nitriles is 1. The summed E-state index contributed by atoms with van der Waals surface area (Å²) in [5, 5.41) is 9.64. The Morgan fingerprint density at radius 1 is 1.19 bits per heavy atom. The Morgan fingerprint density at radius 2 is 1.90 bits per heavy atom. The molecule has 0 fully saturated rings. The molecule has 21 heavy (non-hydrogen) atoms. The summed E-state index contributed by atoms with van der Waals surface area (Å²) in [7, 11) is 0. The number of ether oxygens (including phenoxy) is 2. The van der Waals surface area contributed by atoms with Crippen molar-refractivity contribution in [1.29, 1.82) is 5.26 Å². The molecule has 0 saturated carbocycles. The van der Waals surface area contributed by atoms with Crippen molar-refractivity contribution in [2.75, 3.05) is 12.3 Å². The average molecular weight is 303 g/mol. The topological polar surface area (TPSA) is 68.3 Å². The van der Waals surface area contributed by atoms with Crippen molar-refractivity contribution in [1.82, 2.24) is 0 Å². The van der Waals surface area contributed by atoms with E-state index in [-0.39, 0.29) is 0 Å². The number of rotatable bonds is 5. The fourth-order valence-corrected chi connectivity index (χ4v) is 1.97. The van der Waals surface area contributed by atoms with Crippen molar-refractivity contribution in [3.63, 3.8) is 0 Å². The van der Waals surface area contributed by atoms with Gasteiger partial charge in [0, 0.05) is 11.1 Å². The zero-order chi connectivity index (χ0) is 15.2. The molecular weight excluding hydrogens is 288 g/mol. The summed E-state index contributed by atoms with van der Waals surface area (Å²) in [4.78, 5) is 0. The van der Waals surface area contributed by atoms with Crippen molar-refractivity contribution in [2.45, 2.75) is 13.5 Å². The monoisotopic (exact) mass is 302 g/mol. The van der Waals surface area contributed by atoms with E-state index in [1.807, 2.05) is 25.1 Å². The third kappa shape index (κ3) is 3.80. The summed E-state index contributed by atoms with van der Waals surface area (Å²) < 4.78 is 11.2. The maximum Gasteiger partial charge on any atom is 0.184 e. The van der Waals surface area contributed by atoms with Crippen LogP contribution in [-0.4, -0.2) is 6.61 Å². The van der Waals surface area contributed by atoms with Gasteiger partial charge in [-0.1, -0.05) is 23.7 Å². The molecule has 0 unspecified atom stereocenters. The lowest BCUT2D eigenvalue weighted by Crippen LogP contribution is -2.03. The highest BCUT2D eigenvalue weighted by Gasteiger charge is 2.12. The molecule has 2 N–H and O–H groups in total. The van der Waals surface area contributed by atoms with Crippen molar-refractivity contribution in [3.05, 3.63) is 52.5 Å². The van der Waals surface area contributed by atoms with Gasteiger partial charge >= 0.3 is 0 Å². The number of hydrogen-bond donors (Lipinski definition) is 1. The van der Waals surface area contributed by atoms with Crippen LogP contribution in [0, 0.1) is 11.3 Å². The molecule has 0 aliphatic carbocycles. The smallest absolute Gasteiger partial charge is 0.184 e. The van der Waals surface area contributed by atoms with Crippen LogP contribution in [0.25, 0.3) is 0 Å². The Bertz CT molecular complexity index is 663. The van der Waals surface area contributed by atoms with Crippen LogP contribution < -0.4 is 15.2 Å². The van der Waals surface area contributed by atoms with Crippen LogP contribution in [0.3, 0.4) is 0 Å². The first-order valence-electron chi connectivity index (χ1n) is 6.47. The standard InChI is InChI=1S/C16H15ClN2O2/c1-2-20-15-8-12(9-18)7-14(19)16(15)21-10-11-3-5-13(17)6-4-11/h3-8H,2,10,19H2,1H3. The fraction of sp³-hybridized carbons (Fsp3) is 0.188. The summed E-state index contributed by atoms with van der Waals surface area (Å²) in [5.41, 5.74) is 7.72. The summed E-state index contributed by atoms with van der Waals surface area (Å²) in [6.07, 6.45) is 0. The van der Waals surface area contributed by atoms with Crippen molar-refractivity contribution in [3.8, 4) is 17.6 Å². The van der Waals surface area contributed by atoms with Crippen molar-refractivity contribution in [2.24, 2.45) is 0 Å². The minimum absolute atomic E-state index is 0.341. The number of benzene rings is 2. The molecule has 0 atom stereocenters. The predicted molar refractivity (Wildman–Crippen MR) is 82.5 cm³/mol. The molecule has 0 saturated heterocycles. The van der Waals surface area contributed by atoms with Gasteiger partial charge in [0.05, 0.1) is 23.9 Å². The number of nitrogen functional groups attached to an aromatic ring is 1. The predicted octanol–water partition coefficient (Wildman–Crippen LogP) is 3.77. The molecule has 5 heteroatoms. The van der Waals surface area contributed by atoms with E-state index in [2.05, 4.69) is 0 Å². The van der Waals surface area contributed by atoms with Crippen LogP contribution in [0.2, 0.25) is 5.02 Å².